The van der Waals surface area contributed by atoms with E-state index < -0.39 is 5.97 Å². The van der Waals surface area contributed by atoms with Gasteiger partial charge in [0.2, 0.25) is 0 Å². The summed E-state index contributed by atoms with van der Waals surface area (Å²) in [7, 11) is 0. The molecular formula is C15H20N2O3. The van der Waals surface area contributed by atoms with Gasteiger partial charge in [-0.2, -0.15) is 0 Å². The van der Waals surface area contributed by atoms with Gasteiger partial charge in [0.1, 0.15) is 0 Å². The number of urea groups is 1. The number of aromatic carboxylic acids is 1. The summed E-state index contributed by atoms with van der Waals surface area (Å²) < 4.78 is 0. The minimum Gasteiger partial charge on any atom is -0.478 e. The van der Waals surface area contributed by atoms with E-state index in [9.17, 15) is 9.59 Å². The first-order valence-electron chi connectivity index (χ1n) is 6.89. The Hall–Kier alpha value is -2.04. The lowest BCUT2D eigenvalue weighted by atomic mass is 10.1. The number of hydrogen-bond acceptors (Lipinski definition) is 2. The highest BCUT2D eigenvalue weighted by Gasteiger charge is 2.25. The second-order valence-electron chi connectivity index (χ2n) is 5.42. The highest BCUT2D eigenvalue weighted by Crippen LogP contribution is 2.25. The summed E-state index contributed by atoms with van der Waals surface area (Å²) in [6, 6.07) is 4.78. The molecule has 1 aromatic rings. The van der Waals surface area contributed by atoms with Crippen molar-refractivity contribution in [2.24, 2.45) is 5.92 Å². The van der Waals surface area contributed by atoms with E-state index >= 15 is 0 Å². The third-order valence-electron chi connectivity index (χ3n) is 3.92. The fraction of sp³-hybridized carbons (Fsp3) is 0.467. The van der Waals surface area contributed by atoms with Gasteiger partial charge in [0.15, 0.2) is 0 Å². The summed E-state index contributed by atoms with van der Waals surface area (Å²) in [5.41, 5.74) is 1.21. The van der Waals surface area contributed by atoms with Gasteiger partial charge in [-0.25, -0.2) is 9.59 Å². The molecule has 1 aromatic carbocycles. The average Bonchev–Trinajstić information content (AvgIpc) is 2.77. The molecule has 0 spiro atoms. The van der Waals surface area contributed by atoms with Gasteiger partial charge >= 0.3 is 12.0 Å². The monoisotopic (exact) mass is 276 g/mol. The third kappa shape index (κ3) is 3.10. The molecule has 5 nitrogen and oxygen atoms in total. The molecule has 2 unspecified atom stereocenters. The Bertz CT molecular complexity index is 528. The van der Waals surface area contributed by atoms with Crippen LogP contribution in [-0.2, 0) is 0 Å². The summed E-state index contributed by atoms with van der Waals surface area (Å²) >= 11 is 0. The van der Waals surface area contributed by atoms with Crippen molar-refractivity contribution in [3.05, 3.63) is 29.3 Å². The molecule has 0 aromatic heterocycles. The van der Waals surface area contributed by atoms with Crippen LogP contribution in [0.2, 0.25) is 0 Å². The van der Waals surface area contributed by atoms with Gasteiger partial charge in [-0.1, -0.05) is 25.5 Å². The third-order valence-corrected chi connectivity index (χ3v) is 3.92. The minimum absolute atomic E-state index is 0.111. The highest BCUT2D eigenvalue weighted by molar-refractivity contribution is 6.01. The van der Waals surface area contributed by atoms with Gasteiger partial charge in [0.25, 0.3) is 0 Å². The molecule has 20 heavy (non-hydrogen) atoms. The first-order chi connectivity index (χ1) is 9.49. The molecule has 5 heteroatoms. The number of aryl methyl sites for hydroxylation is 1. The topological polar surface area (TPSA) is 78.4 Å². The number of hydrogen-bond donors (Lipinski definition) is 3. The number of para-hydroxylation sites is 1. The van der Waals surface area contributed by atoms with Crippen LogP contribution in [0.1, 0.15) is 42.1 Å². The lowest BCUT2D eigenvalue weighted by Gasteiger charge is -2.19. The maximum atomic E-state index is 12.0. The molecule has 0 aliphatic heterocycles. The molecule has 1 aliphatic rings. The smallest absolute Gasteiger partial charge is 0.337 e. The van der Waals surface area contributed by atoms with Crippen LogP contribution in [0.25, 0.3) is 0 Å². The Morgan fingerprint density at radius 2 is 2.05 bits per heavy atom. The Balaban J connectivity index is 2.09. The van der Waals surface area contributed by atoms with Crippen molar-refractivity contribution in [2.45, 2.75) is 39.2 Å². The van der Waals surface area contributed by atoms with E-state index in [-0.39, 0.29) is 17.6 Å². The van der Waals surface area contributed by atoms with Gasteiger partial charge < -0.3 is 15.7 Å². The SMILES string of the molecule is Cc1cccc(C(=O)O)c1NC(=O)NC1CCCC1C. The summed E-state index contributed by atoms with van der Waals surface area (Å²) in [6.07, 6.45) is 3.22. The standard InChI is InChI=1S/C15H20N2O3/c1-9-5-4-8-12(9)16-15(20)17-13-10(2)6-3-7-11(13)14(18)19/h3,6-7,9,12H,4-5,8H2,1-2H3,(H,18,19)(H2,16,17,20). The quantitative estimate of drug-likeness (QED) is 0.794. The first-order valence-corrected chi connectivity index (χ1v) is 6.89. The van der Waals surface area contributed by atoms with E-state index in [0.29, 0.717) is 11.6 Å². The number of carboxylic acids is 1. The van der Waals surface area contributed by atoms with Crippen LogP contribution in [0.15, 0.2) is 18.2 Å². The van der Waals surface area contributed by atoms with Gasteiger partial charge in [0, 0.05) is 6.04 Å². The van der Waals surface area contributed by atoms with Gasteiger partial charge in [0.05, 0.1) is 11.3 Å². The van der Waals surface area contributed by atoms with Crippen molar-refractivity contribution in [3.8, 4) is 0 Å². The van der Waals surface area contributed by atoms with Crippen molar-refractivity contribution >= 4 is 17.7 Å². The highest BCUT2D eigenvalue weighted by atomic mass is 16.4. The van der Waals surface area contributed by atoms with E-state index in [1.807, 2.05) is 0 Å². The summed E-state index contributed by atoms with van der Waals surface area (Å²) in [4.78, 5) is 23.2. The van der Waals surface area contributed by atoms with E-state index in [2.05, 4.69) is 17.6 Å². The number of nitrogens with one attached hydrogen (secondary N) is 2. The molecule has 2 atom stereocenters. The van der Waals surface area contributed by atoms with Crippen LogP contribution in [0.3, 0.4) is 0 Å². The summed E-state index contributed by atoms with van der Waals surface area (Å²) in [5, 5.41) is 14.8. The molecular weight excluding hydrogens is 256 g/mol. The molecule has 0 saturated heterocycles. The molecule has 0 bridgehead atoms. The van der Waals surface area contributed by atoms with Crippen LogP contribution in [0, 0.1) is 12.8 Å². The Morgan fingerprint density at radius 3 is 2.65 bits per heavy atom. The van der Waals surface area contributed by atoms with Crippen LogP contribution < -0.4 is 10.6 Å². The van der Waals surface area contributed by atoms with Gasteiger partial charge in [-0.15, -0.1) is 0 Å². The predicted octanol–water partition coefficient (Wildman–Crippen LogP) is 3.00. The van der Waals surface area contributed by atoms with Crippen molar-refractivity contribution in [3.63, 3.8) is 0 Å². The number of carbonyl (C=O) groups is 2. The average molecular weight is 276 g/mol. The van der Waals surface area contributed by atoms with Crippen LogP contribution in [-0.4, -0.2) is 23.1 Å². The van der Waals surface area contributed by atoms with E-state index in [1.54, 1.807) is 19.1 Å². The lowest BCUT2D eigenvalue weighted by Crippen LogP contribution is -2.39. The summed E-state index contributed by atoms with van der Waals surface area (Å²) in [5.74, 6) is -0.574. The molecule has 108 valence electrons. The second-order valence-corrected chi connectivity index (χ2v) is 5.42. The fourth-order valence-corrected chi connectivity index (χ4v) is 2.69. The number of rotatable bonds is 3. The van der Waals surface area contributed by atoms with Gasteiger partial charge in [-0.3, -0.25) is 0 Å². The normalized spacial score (nSPS) is 21.5. The van der Waals surface area contributed by atoms with Crippen molar-refractivity contribution in [1.82, 2.24) is 5.32 Å². The second kappa shape index (κ2) is 5.94. The molecule has 1 fully saturated rings. The lowest BCUT2D eigenvalue weighted by molar-refractivity contribution is 0.0698. The van der Waals surface area contributed by atoms with Crippen LogP contribution in [0.4, 0.5) is 10.5 Å². The number of amides is 2. The Kier molecular flexibility index (Phi) is 4.27. The Labute approximate surface area is 118 Å². The maximum Gasteiger partial charge on any atom is 0.337 e. The maximum absolute atomic E-state index is 12.0. The zero-order chi connectivity index (χ0) is 14.7. The van der Waals surface area contributed by atoms with Crippen molar-refractivity contribution < 1.29 is 14.7 Å². The Morgan fingerprint density at radius 1 is 1.30 bits per heavy atom. The zero-order valence-electron chi connectivity index (χ0n) is 11.8. The van der Waals surface area contributed by atoms with Crippen molar-refractivity contribution in [2.75, 3.05) is 5.32 Å². The molecule has 2 rings (SSSR count). The largest absolute Gasteiger partial charge is 0.478 e. The number of benzene rings is 1. The molecule has 1 aliphatic carbocycles. The minimum atomic E-state index is -1.04. The molecule has 1 saturated carbocycles. The van der Waals surface area contributed by atoms with E-state index in [1.165, 1.54) is 6.07 Å². The summed E-state index contributed by atoms with van der Waals surface area (Å²) in [6.45, 7) is 3.90. The number of carbonyl (C=O) groups excluding carboxylic acids is 1. The number of anilines is 1. The van der Waals surface area contributed by atoms with E-state index in [0.717, 1.165) is 24.8 Å². The first kappa shape index (κ1) is 14.4. The van der Waals surface area contributed by atoms with Gasteiger partial charge in [-0.05, 0) is 37.3 Å². The molecule has 3 N–H and O–H groups in total. The molecule has 0 radical (unpaired) electrons. The van der Waals surface area contributed by atoms with Crippen LogP contribution in [0.5, 0.6) is 0 Å². The van der Waals surface area contributed by atoms with Crippen molar-refractivity contribution in [1.29, 1.82) is 0 Å². The zero-order valence-corrected chi connectivity index (χ0v) is 11.8. The fourth-order valence-electron chi connectivity index (χ4n) is 2.69. The van der Waals surface area contributed by atoms with E-state index in [4.69, 9.17) is 5.11 Å². The molecule has 0 heterocycles. The predicted molar refractivity (Wildman–Crippen MR) is 77.1 cm³/mol. The number of carboxylic acid groups (broad SMARTS) is 1. The van der Waals surface area contributed by atoms with Crippen LogP contribution >= 0.6 is 0 Å². The molecule has 2 amide bonds.